The molecule has 1 N–H and O–H groups in total. The van der Waals surface area contributed by atoms with Gasteiger partial charge in [-0.1, -0.05) is 13.3 Å². The van der Waals surface area contributed by atoms with Crippen LogP contribution >= 0.6 is 0 Å². The summed E-state index contributed by atoms with van der Waals surface area (Å²) in [6, 6.07) is 0. The first-order valence-corrected chi connectivity index (χ1v) is 8.88. The van der Waals surface area contributed by atoms with Gasteiger partial charge in [0.1, 0.15) is 6.10 Å². The molecule has 1 aliphatic rings. The predicted molar refractivity (Wildman–Crippen MR) is 95.2 cm³/mol. The van der Waals surface area contributed by atoms with Crippen LogP contribution < -0.4 is 5.32 Å². The Hall–Kier alpha value is -1.60. The molecule has 0 aliphatic carbocycles. The lowest BCUT2D eigenvalue weighted by Gasteiger charge is -2.34. The zero-order valence-electron chi connectivity index (χ0n) is 15.2. The molecule has 2 heterocycles. The number of nitrogens with zero attached hydrogens (tertiary/aromatic N) is 4. The van der Waals surface area contributed by atoms with Crippen LogP contribution in [0.15, 0.2) is 17.4 Å². The van der Waals surface area contributed by atoms with Gasteiger partial charge in [-0.15, -0.1) is 0 Å². The normalized spacial score (nSPS) is 18.9. The number of ether oxygens (including phenoxy) is 2. The summed E-state index contributed by atoms with van der Waals surface area (Å²) in [6.07, 6.45) is 7.23. The Balaban J connectivity index is 1.74. The maximum absolute atomic E-state index is 5.89. The van der Waals surface area contributed by atoms with Gasteiger partial charge >= 0.3 is 0 Å². The van der Waals surface area contributed by atoms with Crippen LogP contribution in [0.5, 0.6) is 0 Å². The summed E-state index contributed by atoms with van der Waals surface area (Å²) >= 11 is 0. The summed E-state index contributed by atoms with van der Waals surface area (Å²) in [6.45, 7) is 7.04. The number of nitrogens with one attached hydrogen (secondary N) is 1. The Morgan fingerprint density at radius 2 is 2.29 bits per heavy atom. The Bertz CT molecular complexity index is 503. The van der Waals surface area contributed by atoms with E-state index in [9.17, 15) is 0 Å². The summed E-state index contributed by atoms with van der Waals surface area (Å²) < 4.78 is 13.3. The molecule has 1 aliphatic heterocycles. The van der Waals surface area contributed by atoms with E-state index in [-0.39, 0.29) is 6.10 Å². The molecule has 1 unspecified atom stereocenters. The van der Waals surface area contributed by atoms with Crippen molar-refractivity contribution in [2.45, 2.75) is 32.3 Å². The van der Waals surface area contributed by atoms with Gasteiger partial charge in [-0.3, -0.25) is 9.67 Å². The third-order valence-corrected chi connectivity index (χ3v) is 4.07. The molecule has 0 saturated carbocycles. The highest BCUT2D eigenvalue weighted by Crippen LogP contribution is 2.21. The molecule has 0 spiro atoms. The van der Waals surface area contributed by atoms with Gasteiger partial charge in [0.05, 0.1) is 19.3 Å². The first-order valence-electron chi connectivity index (χ1n) is 8.88. The second-order valence-corrected chi connectivity index (χ2v) is 6.05. The molecule has 1 fully saturated rings. The van der Waals surface area contributed by atoms with E-state index >= 15 is 0 Å². The molecule has 1 aromatic rings. The minimum absolute atomic E-state index is 0.0448. The van der Waals surface area contributed by atoms with E-state index in [0.717, 1.165) is 57.2 Å². The number of aliphatic imine (C=N–C) groups is 1. The van der Waals surface area contributed by atoms with Gasteiger partial charge in [0, 0.05) is 52.2 Å². The van der Waals surface area contributed by atoms with Gasteiger partial charge < -0.3 is 19.7 Å². The zero-order chi connectivity index (χ0) is 17.2. The van der Waals surface area contributed by atoms with Crippen molar-refractivity contribution in [3.63, 3.8) is 0 Å². The summed E-state index contributed by atoms with van der Waals surface area (Å²) in [4.78, 5) is 6.66. The van der Waals surface area contributed by atoms with E-state index in [0.29, 0.717) is 6.61 Å². The van der Waals surface area contributed by atoms with Crippen molar-refractivity contribution in [3.05, 3.63) is 18.0 Å². The number of aromatic nitrogens is 2. The molecule has 7 nitrogen and oxygen atoms in total. The Morgan fingerprint density at radius 1 is 1.46 bits per heavy atom. The Labute approximate surface area is 145 Å². The quantitative estimate of drug-likeness (QED) is 0.443. The fourth-order valence-corrected chi connectivity index (χ4v) is 2.70. The number of hydrogen-bond acceptors (Lipinski definition) is 4. The van der Waals surface area contributed by atoms with Crippen LogP contribution in [0, 0.1) is 0 Å². The molecule has 1 atom stereocenters. The van der Waals surface area contributed by atoms with Crippen LogP contribution in [0.25, 0.3) is 0 Å². The first kappa shape index (κ1) is 18.7. The van der Waals surface area contributed by atoms with Crippen LogP contribution in [-0.2, 0) is 16.5 Å². The van der Waals surface area contributed by atoms with Gasteiger partial charge in [-0.05, 0) is 12.8 Å². The van der Waals surface area contributed by atoms with Gasteiger partial charge in [0.2, 0.25) is 0 Å². The van der Waals surface area contributed by atoms with Crippen LogP contribution in [0.1, 0.15) is 37.9 Å². The van der Waals surface area contributed by atoms with Crippen molar-refractivity contribution < 1.29 is 9.47 Å². The van der Waals surface area contributed by atoms with Crippen LogP contribution in [0.3, 0.4) is 0 Å². The minimum Gasteiger partial charge on any atom is -0.381 e. The first-order chi connectivity index (χ1) is 11.7. The summed E-state index contributed by atoms with van der Waals surface area (Å²) in [5.41, 5.74) is 1.11. The van der Waals surface area contributed by atoms with Crippen LogP contribution in [-0.4, -0.2) is 67.1 Å². The van der Waals surface area contributed by atoms with E-state index in [1.807, 2.05) is 31.2 Å². The second-order valence-electron chi connectivity index (χ2n) is 6.05. The van der Waals surface area contributed by atoms with E-state index in [1.54, 1.807) is 0 Å². The topological polar surface area (TPSA) is 63.9 Å². The number of aryl methyl sites for hydroxylation is 1. The standard InChI is InChI=1S/C17H31N5O2/c1-4-5-9-23-10-6-7-19-17(18-2)22-8-11-24-16(14-22)15-12-20-21(3)13-15/h12-13,16H,4-11,14H2,1-3H3,(H,18,19). The molecule has 1 saturated heterocycles. The lowest BCUT2D eigenvalue weighted by molar-refractivity contribution is -0.00805. The summed E-state index contributed by atoms with van der Waals surface area (Å²) in [7, 11) is 3.75. The summed E-state index contributed by atoms with van der Waals surface area (Å²) in [5.74, 6) is 0.931. The van der Waals surface area contributed by atoms with Gasteiger partial charge in [-0.25, -0.2) is 0 Å². The number of hydrogen-bond donors (Lipinski definition) is 1. The summed E-state index contributed by atoms with van der Waals surface area (Å²) in [5, 5.41) is 7.66. The lowest BCUT2D eigenvalue weighted by atomic mass is 10.1. The Kier molecular flexibility index (Phi) is 8.04. The third kappa shape index (κ3) is 5.79. The van der Waals surface area contributed by atoms with E-state index < -0.39 is 0 Å². The zero-order valence-corrected chi connectivity index (χ0v) is 15.2. The largest absolute Gasteiger partial charge is 0.381 e. The molecule has 7 heteroatoms. The van der Waals surface area contributed by atoms with E-state index in [4.69, 9.17) is 9.47 Å². The van der Waals surface area contributed by atoms with Crippen molar-refractivity contribution in [3.8, 4) is 0 Å². The van der Waals surface area contributed by atoms with Crippen molar-refractivity contribution in [1.82, 2.24) is 20.0 Å². The number of morpholine rings is 1. The third-order valence-electron chi connectivity index (χ3n) is 4.07. The molecule has 136 valence electrons. The van der Waals surface area contributed by atoms with Crippen molar-refractivity contribution >= 4 is 5.96 Å². The fourth-order valence-electron chi connectivity index (χ4n) is 2.70. The van der Waals surface area contributed by atoms with Crippen LogP contribution in [0.4, 0.5) is 0 Å². The Morgan fingerprint density at radius 3 is 3.00 bits per heavy atom. The molecule has 0 radical (unpaired) electrons. The SMILES string of the molecule is CCCCOCCCNC(=NC)N1CCOC(c2cnn(C)c2)C1. The molecule has 0 amide bonds. The minimum atomic E-state index is 0.0448. The van der Waals surface area contributed by atoms with Crippen LogP contribution in [0.2, 0.25) is 0 Å². The highest BCUT2D eigenvalue weighted by molar-refractivity contribution is 5.80. The van der Waals surface area contributed by atoms with Crippen molar-refractivity contribution in [2.24, 2.45) is 12.0 Å². The average molecular weight is 337 g/mol. The number of unbranched alkanes of at least 4 members (excludes halogenated alkanes) is 1. The highest BCUT2D eigenvalue weighted by Gasteiger charge is 2.24. The van der Waals surface area contributed by atoms with Gasteiger partial charge in [0.25, 0.3) is 0 Å². The van der Waals surface area contributed by atoms with Gasteiger partial charge in [-0.2, -0.15) is 5.10 Å². The molecule has 24 heavy (non-hydrogen) atoms. The molecular weight excluding hydrogens is 306 g/mol. The van der Waals surface area contributed by atoms with Gasteiger partial charge in [0.15, 0.2) is 5.96 Å². The number of rotatable bonds is 8. The monoisotopic (exact) mass is 337 g/mol. The molecule has 1 aromatic heterocycles. The van der Waals surface area contributed by atoms with Crippen molar-refractivity contribution in [1.29, 1.82) is 0 Å². The maximum Gasteiger partial charge on any atom is 0.193 e. The van der Waals surface area contributed by atoms with E-state index in [1.165, 1.54) is 6.42 Å². The fraction of sp³-hybridized carbons (Fsp3) is 0.765. The molecular formula is C17H31N5O2. The lowest BCUT2D eigenvalue weighted by Crippen LogP contribution is -2.48. The van der Waals surface area contributed by atoms with Crippen molar-refractivity contribution in [2.75, 3.05) is 46.5 Å². The van der Waals surface area contributed by atoms with E-state index in [2.05, 4.69) is 27.2 Å². The highest BCUT2D eigenvalue weighted by atomic mass is 16.5. The maximum atomic E-state index is 5.89. The predicted octanol–water partition coefficient (Wildman–Crippen LogP) is 1.58. The smallest absolute Gasteiger partial charge is 0.193 e. The average Bonchev–Trinajstić information content (AvgIpc) is 3.04. The molecule has 0 bridgehead atoms. The number of guanidine groups is 1. The molecule has 2 rings (SSSR count). The molecule has 0 aromatic carbocycles. The second kappa shape index (κ2) is 10.3.